The Morgan fingerprint density at radius 3 is 2.55 bits per heavy atom. The third kappa shape index (κ3) is 1.23. The van der Waals surface area contributed by atoms with Gasteiger partial charge in [0, 0.05) is 10.00 Å². The van der Waals surface area contributed by atoms with E-state index in [1.165, 1.54) is 25.7 Å². The zero-order valence-electron chi connectivity index (χ0n) is 6.95. The first-order valence-electron chi connectivity index (χ1n) is 4.52. The minimum Gasteiger partial charge on any atom is -0.176 e. The second-order valence-electron chi connectivity index (χ2n) is 4.30. The van der Waals surface area contributed by atoms with Crippen LogP contribution in [0.15, 0.2) is 0 Å². The van der Waals surface area contributed by atoms with E-state index >= 15 is 0 Å². The standard InChI is InChI=1S/C9H16S2/c1-6(10)8-4-7-2-3-9(8,11)5-7/h6-8,10-11H,2-5H2,1H3. The van der Waals surface area contributed by atoms with Crippen molar-refractivity contribution < 1.29 is 0 Å². The Morgan fingerprint density at radius 2 is 2.27 bits per heavy atom. The van der Waals surface area contributed by atoms with Gasteiger partial charge < -0.3 is 0 Å². The smallest absolute Gasteiger partial charge is 0.0171 e. The molecule has 0 aromatic carbocycles. The summed E-state index contributed by atoms with van der Waals surface area (Å²) in [7, 11) is 0. The van der Waals surface area contributed by atoms with Crippen molar-refractivity contribution in [3.8, 4) is 0 Å². The van der Waals surface area contributed by atoms with E-state index in [4.69, 9.17) is 12.6 Å². The first-order chi connectivity index (χ1) is 5.12. The molecule has 2 rings (SSSR count). The van der Waals surface area contributed by atoms with E-state index in [2.05, 4.69) is 19.6 Å². The number of hydrogen-bond acceptors (Lipinski definition) is 2. The SMILES string of the molecule is CC(S)C1CC2CCC1(S)C2. The van der Waals surface area contributed by atoms with Crippen LogP contribution >= 0.6 is 25.3 Å². The second-order valence-corrected chi connectivity index (χ2v) is 6.00. The lowest BCUT2D eigenvalue weighted by atomic mass is 9.86. The van der Waals surface area contributed by atoms with Crippen LogP contribution in [0, 0.1) is 11.8 Å². The Kier molecular flexibility index (Phi) is 1.96. The van der Waals surface area contributed by atoms with Gasteiger partial charge in [-0.3, -0.25) is 0 Å². The Labute approximate surface area is 80.0 Å². The zero-order chi connectivity index (χ0) is 8.06. The lowest BCUT2D eigenvalue weighted by Crippen LogP contribution is -2.31. The highest BCUT2D eigenvalue weighted by Gasteiger charge is 2.50. The molecule has 2 aliphatic carbocycles. The van der Waals surface area contributed by atoms with Crippen LogP contribution in [-0.4, -0.2) is 10.00 Å². The van der Waals surface area contributed by atoms with Gasteiger partial charge in [0.25, 0.3) is 0 Å². The summed E-state index contributed by atoms with van der Waals surface area (Å²) in [4.78, 5) is 0. The van der Waals surface area contributed by atoms with Gasteiger partial charge in [-0.2, -0.15) is 25.3 Å². The molecular formula is C9H16S2. The minimum atomic E-state index is 0.367. The molecule has 0 spiro atoms. The molecule has 0 saturated heterocycles. The van der Waals surface area contributed by atoms with E-state index in [-0.39, 0.29) is 0 Å². The van der Waals surface area contributed by atoms with Crippen molar-refractivity contribution in [1.29, 1.82) is 0 Å². The van der Waals surface area contributed by atoms with Crippen LogP contribution in [0.2, 0.25) is 0 Å². The highest BCUT2D eigenvalue weighted by atomic mass is 32.1. The Morgan fingerprint density at radius 1 is 1.55 bits per heavy atom. The molecule has 2 bridgehead atoms. The van der Waals surface area contributed by atoms with E-state index in [0.29, 0.717) is 10.00 Å². The van der Waals surface area contributed by atoms with Gasteiger partial charge in [0.15, 0.2) is 0 Å². The van der Waals surface area contributed by atoms with Gasteiger partial charge in [-0.25, -0.2) is 0 Å². The molecule has 0 heterocycles. The van der Waals surface area contributed by atoms with Gasteiger partial charge in [0.1, 0.15) is 0 Å². The molecular weight excluding hydrogens is 172 g/mol. The van der Waals surface area contributed by atoms with Crippen molar-refractivity contribution in [3.05, 3.63) is 0 Å². The molecule has 4 unspecified atom stereocenters. The molecule has 2 fully saturated rings. The summed E-state index contributed by atoms with van der Waals surface area (Å²) < 4.78 is 0.367. The Balaban J connectivity index is 2.15. The lowest BCUT2D eigenvalue weighted by molar-refractivity contribution is 0.362. The molecule has 2 aliphatic rings. The van der Waals surface area contributed by atoms with Crippen LogP contribution in [0.1, 0.15) is 32.6 Å². The van der Waals surface area contributed by atoms with Crippen LogP contribution in [0.4, 0.5) is 0 Å². The van der Waals surface area contributed by atoms with E-state index in [0.717, 1.165) is 11.8 Å². The van der Waals surface area contributed by atoms with Crippen LogP contribution in [0.3, 0.4) is 0 Å². The summed E-state index contributed by atoms with van der Waals surface area (Å²) in [5, 5.41) is 0.540. The number of hydrogen-bond donors (Lipinski definition) is 2. The van der Waals surface area contributed by atoms with Gasteiger partial charge in [0.2, 0.25) is 0 Å². The Hall–Kier alpha value is 0.700. The molecule has 0 amide bonds. The molecule has 2 heteroatoms. The molecule has 2 saturated carbocycles. The molecule has 0 nitrogen and oxygen atoms in total. The van der Waals surface area contributed by atoms with Crippen molar-refractivity contribution >= 4 is 25.3 Å². The second kappa shape index (κ2) is 2.59. The topological polar surface area (TPSA) is 0 Å². The predicted molar refractivity (Wildman–Crippen MR) is 55.6 cm³/mol. The van der Waals surface area contributed by atoms with Crippen LogP contribution in [0.25, 0.3) is 0 Å². The molecule has 11 heavy (non-hydrogen) atoms. The molecule has 0 radical (unpaired) electrons. The largest absolute Gasteiger partial charge is 0.176 e. The summed E-state index contributed by atoms with van der Waals surface area (Å²) in [6.07, 6.45) is 5.48. The third-order valence-electron chi connectivity index (χ3n) is 3.49. The van der Waals surface area contributed by atoms with Crippen molar-refractivity contribution in [2.24, 2.45) is 11.8 Å². The maximum Gasteiger partial charge on any atom is 0.0171 e. The average Bonchev–Trinajstić information content (AvgIpc) is 2.41. The van der Waals surface area contributed by atoms with E-state index in [1.54, 1.807) is 0 Å². The van der Waals surface area contributed by atoms with Crippen molar-refractivity contribution in [3.63, 3.8) is 0 Å². The maximum atomic E-state index is 4.81. The molecule has 0 aromatic heterocycles. The van der Waals surface area contributed by atoms with E-state index in [9.17, 15) is 0 Å². The van der Waals surface area contributed by atoms with Crippen LogP contribution < -0.4 is 0 Å². The zero-order valence-corrected chi connectivity index (χ0v) is 8.74. The monoisotopic (exact) mass is 188 g/mol. The summed E-state index contributed by atoms with van der Waals surface area (Å²) in [5.41, 5.74) is 0. The normalized spacial score (nSPS) is 51.5. The fraction of sp³-hybridized carbons (Fsp3) is 1.00. The summed E-state index contributed by atoms with van der Waals surface area (Å²) in [6.45, 7) is 2.21. The van der Waals surface area contributed by atoms with Crippen LogP contribution in [0.5, 0.6) is 0 Å². The first-order valence-corrected chi connectivity index (χ1v) is 5.48. The van der Waals surface area contributed by atoms with Gasteiger partial charge >= 0.3 is 0 Å². The van der Waals surface area contributed by atoms with Crippen molar-refractivity contribution in [1.82, 2.24) is 0 Å². The summed E-state index contributed by atoms with van der Waals surface area (Å²) >= 11 is 9.34. The highest BCUT2D eigenvalue weighted by molar-refractivity contribution is 7.82. The van der Waals surface area contributed by atoms with Gasteiger partial charge in [-0.05, 0) is 37.5 Å². The van der Waals surface area contributed by atoms with Crippen molar-refractivity contribution in [2.75, 3.05) is 0 Å². The molecule has 0 aliphatic heterocycles. The molecule has 0 aromatic rings. The molecule has 0 N–H and O–H groups in total. The fourth-order valence-corrected chi connectivity index (χ4v) is 4.16. The van der Waals surface area contributed by atoms with Gasteiger partial charge in [-0.1, -0.05) is 6.92 Å². The average molecular weight is 188 g/mol. The van der Waals surface area contributed by atoms with Gasteiger partial charge in [-0.15, -0.1) is 0 Å². The number of fused-ring (bicyclic) bond motifs is 2. The number of rotatable bonds is 1. The van der Waals surface area contributed by atoms with Gasteiger partial charge in [0.05, 0.1) is 0 Å². The quantitative estimate of drug-likeness (QED) is 0.581. The van der Waals surface area contributed by atoms with E-state index < -0.39 is 0 Å². The molecule has 64 valence electrons. The Bertz CT molecular complexity index is 167. The first kappa shape index (κ1) is 8.31. The highest BCUT2D eigenvalue weighted by Crippen LogP contribution is 2.56. The molecule has 4 atom stereocenters. The fourth-order valence-electron chi connectivity index (χ4n) is 2.92. The van der Waals surface area contributed by atoms with Crippen LogP contribution in [-0.2, 0) is 0 Å². The minimum absolute atomic E-state index is 0.367. The summed E-state index contributed by atoms with van der Waals surface area (Å²) in [5.74, 6) is 1.75. The van der Waals surface area contributed by atoms with Crippen molar-refractivity contribution in [2.45, 2.75) is 42.6 Å². The third-order valence-corrected chi connectivity index (χ3v) is 4.59. The maximum absolute atomic E-state index is 4.81. The lowest BCUT2D eigenvalue weighted by Gasteiger charge is -2.32. The predicted octanol–water partition coefficient (Wildman–Crippen LogP) is 2.79. The number of thiol groups is 2. The van der Waals surface area contributed by atoms with E-state index in [1.807, 2.05) is 0 Å². The summed E-state index contributed by atoms with van der Waals surface area (Å²) in [6, 6.07) is 0.